The van der Waals surface area contributed by atoms with Crippen LogP contribution in [-0.4, -0.2) is 51.4 Å². The van der Waals surface area contributed by atoms with Crippen molar-refractivity contribution >= 4 is 17.5 Å². The Morgan fingerprint density at radius 2 is 1.87 bits per heavy atom. The van der Waals surface area contributed by atoms with E-state index in [0.717, 1.165) is 9.13 Å². The van der Waals surface area contributed by atoms with Crippen molar-refractivity contribution in [1.82, 2.24) is 19.4 Å². The number of piperazine rings is 1. The number of ketones is 1. The van der Waals surface area contributed by atoms with Crippen LogP contribution in [0.5, 0.6) is 0 Å². The minimum absolute atomic E-state index is 0.0198. The van der Waals surface area contributed by atoms with Gasteiger partial charge in [-0.2, -0.15) is 0 Å². The van der Waals surface area contributed by atoms with Gasteiger partial charge >= 0.3 is 5.69 Å². The maximum Gasteiger partial charge on any atom is 0.332 e. The molecule has 1 saturated heterocycles. The molecule has 1 aromatic heterocycles. The largest absolute Gasteiger partial charge is 0.384 e. The highest BCUT2D eigenvalue weighted by Gasteiger charge is 2.30. The van der Waals surface area contributed by atoms with E-state index < -0.39 is 28.9 Å². The summed E-state index contributed by atoms with van der Waals surface area (Å²) in [5, 5.41) is 2.71. The molecule has 10 heteroatoms. The number of hydrogen-bond acceptors (Lipinski definition) is 6. The fraction of sp³-hybridized carbons (Fsp3) is 0.400. The first-order valence-corrected chi connectivity index (χ1v) is 9.67. The van der Waals surface area contributed by atoms with Crippen molar-refractivity contribution < 1.29 is 14.0 Å². The molecule has 0 saturated carbocycles. The van der Waals surface area contributed by atoms with Gasteiger partial charge in [-0.15, -0.1) is 0 Å². The van der Waals surface area contributed by atoms with Crippen LogP contribution in [0.3, 0.4) is 0 Å². The van der Waals surface area contributed by atoms with E-state index in [1.54, 1.807) is 18.7 Å². The number of hydrogen-bond donors (Lipinski definition) is 2. The van der Waals surface area contributed by atoms with Crippen LogP contribution in [0.1, 0.15) is 29.8 Å². The van der Waals surface area contributed by atoms with Crippen LogP contribution in [0.2, 0.25) is 0 Å². The predicted molar refractivity (Wildman–Crippen MR) is 109 cm³/mol. The Morgan fingerprint density at radius 3 is 2.50 bits per heavy atom. The number of nitrogens with two attached hydrogens (primary N) is 1. The first-order valence-electron chi connectivity index (χ1n) is 9.67. The summed E-state index contributed by atoms with van der Waals surface area (Å²) in [6.07, 6.45) is 0. The van der Waals surface area contributed by atoms with Crippen molar-refractivity contribution in [2.75, 3.05) is 25.4 Å². The first-order chi connectivity index (χ1) is 14.2. The van der Waals surface area contributed by atoms with E-state index in [9.17, 15) is 23.6 Å². The maximum absolute atomic E-state index is 13.2. The molecular weight excluding hydrogens is 393 g/mol. The number of carbonyl (C=O) groups is 2. The van der Waals surface area contributed by atoms with Gasteiger partial charge in [0.05, 0.1) is 19.1 Å². The lowest BCUT2D eigenvalue weighted by Gasteiger charge is -2.32. The molecular formula is C20H24FN5O4. The molecule has 1 fully saturated rings. The number of carbonyl (C=O) groups excluding carboxylic acids is 2. The van der Waals surface area contributed by atoms with Gasteiger partial charge in [0.2, 0.25) is 5.91 Å². The molecule has 30 heavy (non-hydrogen) atoms. The van der Waals surface area contributed by atoms with E-state index in [1.807, 2.05) is 0 Å². The molecule has 0 spiro atoms. The fourth-order valence-electron chi connectivity index (χ4n) is 3.49. The molecule has 1 aliphatic rings. The third kappa shape index (κ3) is 4.04. The van der Waals surface area contributed by atoms with Crippen LogP contribution in [0.4, 0.5) is 10.2 Å². The number of benzene rings is 1. The highest BCUT2D eigenvalue weighted by atomic mass is 19.1. The SMILES string of the molecule is CCn1c(=O)c(C(=O)CN2CCNC(=O)C2C)c(N)n(Cc2ccc(F)cc2)c1=O. The Kier molecular flexibility index (Phi) is 6.16. The normalized spacial score (nSPS) is 17.0. The van der Waals surface area contributed by atoms with Gasteiger partial charge in [0.1, 0.15) is 17.2 Å². The molecule has 9 nitrogen and oxygen atoms in total. The van der Waals surface area contributed by atoms with Crippen molar-refractivity contribution in [2.24, 2.45) is 0 Å². The van der Waals surface area contributed by atoms with Crippen LogP contribution >= 0.6 is 0 Å². The number of nitrogens with zero attached hydrogens (tertiary/aromatic N) is 3. The van der Waals surface area contributed by atoms with Crippen LogP contribution in [-0.2, 0) is 17.9 Å². The molecule has 0 radical (unpaired) electrons. The topological polar surface area (TPSA) is 119 Å². The van der Waals surface area contributed by atoms with Crippen LogP contribution < -0.4 is 22.3 Å². The standard InChI is InChI=1S/C20H24FN5O4/c1-3-25-19(29)16(15(27)11-24-9-8-23-18(28)12(24)2)17(22)26(20(25)30)10-13-4-6-14(21)7-5-13/h4-7,12H,3,8-11,22H2,1-2H3,(H,23,28). The van der Waals surface area contributed by atoms with Gasteiger partial charge in [-0.3, -0.25) is 28.4 Å². The molecule has 2 heterocycles. The van der Waals surface area contributed by atoms with Crippen molar-refractivity contribution in [2.45, 2.75) is 33.0 Å². The number of nitrogen functional groups attached to an aromatic ring is 1. The number of amides is 1. The maximum atomic E-state index is 13.2. The van der Waals surface area contributed by atoms with E-state index in [1.165, 1.54) is 24.3 Å². The average molecular weight is 417 g/mol. The number of anilines is 1. The van der Waals surface area contributed by atoms with Crippen LogP contribution in [0.15, 0.2) is 33.9 Å². The average Bonchev–Trinajstić information content (AvgIpc) is 2.70. The van der Waals surface area contributed by atoms with Crippen molar-refractivity contribution in [1.29, 1.82) is 0 Å². The summed E-state index contributed by atoms with van der Waals surface area (Å²) < 4.78 is 15.3. The molecule has 1 atom stereocenters. The lowest BCUT2D eigenvalue weighted by molar-refractivity contribution is -0.127. The zero-order valence-electron chi connectivity index (χ0n) is 16.9. The van der Waals surface area contributed by atoms with Gasteiger partial charge in [-0.05, 0) is 31.5 Å². The smallest absolute Gasteiger partial charge is 0.332 e. The van der Waals surface area contributed by atoms with Crippen molar-refractivity contribution in [3.8, 4) is 0 Å². The number of rotatable bonds is 6. The molecule has 3 rings (SSSR count). The second-order valence-electron chi connectivity index (χ2n) is 7.17. The van der Waals surface area contributed by atoms with E-state index in [0.29, 0.717) is 18.7 Å². The molecule has 1 aromatic carbocycles. The van der Waals surface area contributed by atoms with E-state index in [-0.39, 0.29) is 36.9 Å². The Bertz CT molecular complexity index is 1090. The summed E-state index contributed by atoms with van der Waals surface area (Å²) in [5.74, 6) is -1.42. The summed E-state index contributed by atoms with van der Waals surface area (Å²) in [7, 11) is 0. The van der Waals surface area contributed by atoms with Gasteiger partial charge in [0.25, 0.3) is 5.56 Å². The second-order valence-corrected chi connectivity index (χ2v) is 7.17. The van der Waals surface area contributed by atoms with E-state index in [2.05, 4.69) is 5.32 Å². The fourth-order valence-corrected chi connectivity index (χ4v) is 3.49. The lowest BCUT2D eigenvalue weighted by atomic mass is 10.1. The number of aromatic nitrogens is 2. The van der Waals surface area contributed by atoms with Crippen molar-refractivity contribution in [3.63, 3.8) is 0 Å². The first kappa shape index (κ1) is 21.4. The van der Waals surface area contributed by atoms with Crippen LogP contribution in [0, 0.1) is 5.82 Å². The molecule has 1 amide bonds. The third-order valence-corrected chi connectivity index (χ3v) is 5.29. The predicted octanol–water partition coefficient (Wildman–Crippen LogP) is -0.197. The van der Waals surface area contributed by atoms with Crippen LogP contribution in [0.25, 0.3) is 0 Å². The third-order valence-electron chi connectivity index (χ3n) is 5.29. The van der Waals surface area contributed by atoms with Gasteiger partial charge in [0.15, 0.2) is 5.78 Å². The molecule has 3 N–H and O–H groups in total. The second kappa shape index (κ2) is 8.62. The van der Waals surface area contributed by atoms with Gasteiger partial charge in [-0.1, -0.05) is 12.1 Å². The van der Waals surface area contributed by atoms with E-state index in [4.69, 9.17) is 5.73 Å². The Hall–Kier alpha value is -3.27. The number of nitrogens with one attached hydrogen (secondary N) is 1. The highest BCUT2D eigenvalue weighted by molar-refractivity contribution is 6.01. The minimum atomic E-state index is -0.755. The van der Waals surface area contributed by atoms with E-state index >= 15 is 0 Å². The monoisotopic (exact) mass is 417 g/mol. The van der Waals surface area contributed by atoms with Gasteiger partial charge < -0.3 is 11.1 Å². The van der Waals surface area contributed by atoms with Gasteiger partial charge in [-0.25, -0.2) is 9.18 Å². The summed E-state index contributed by atoms with van der Waals surface area (Å²) >= 11 is 0. The van der Waals surface area contributed by atoms with Gasteiger partial charge in [0, 0.05) is 19.6 Å². The molecule has 1 unspecified atom stereocenters. The lowest BCUT2D eigenvalue weighted by Crippen LogP contribution is -2.55. The minimum Gasteiger partial charge on any atom is -0.384 e. The molecule has 2 aromatic rings. The summed E-state index contributed by atoms with van der Waals surface area (Å²) in [6, 6.07) is 4.97. The zero-order valence-corrected chi connectivity index (χ0v) is 16.9. The molecule has 0 bridgehead atoms. The Balaban J connectivity index is 2.02. The summed E-state index contributed by atoms with van der Waals surface area (Å²) in [5.41, 5.74) is 5.02. The Labute approximate surface area is 171 Å². The highest BCUT2D eigenvalue weighted by Crippen LogP contribution is 2.12. The van der Waals surface area contributed by atoms with Crippen molar-refractivity contribution in [3.05, 3.63) is 62.0 Å². The summed E-state index contributed by atoms with van der Waals surface area (Å²) in [6.45, 7) is 4.01. The molecule has 160 valence electrons. The number of Topliss-reactive ketones (excluding diaryl/α,β-unsaturated/α-hetero) is 1. The quantitative estimate of drug-likeness (QED) is 0.629. The zero-order chi connectivity index (χ0) is 22.0. The molecule has 1 aliphatic heterocycles. The number of halogens is 1. The molecule has 0 aliphatic carbocycles. The Morgan fingerprint density at radius 1 is 1.20 bits per heavy atom. The summed E-state index contributed by atoms with van der Waals surface area (Å²) in [4.78, 5) is 52.1.